The van der Waals surface area contributed by atoms with Gasteiger partial charge in [0.15, 0.2) is 24.4 Å². The number of aliphatic carboxylic acids is 3. The van der Waals surface area contributed by atoms with Gasteiger partial charge in [0.2, 0.25) is 11.8 Å². The van der Waals surface area contributed by atoms with Crippen LogP contribution in [0.25, 0.3) is 0 Å². The second kappa shape index (κ2) is 42.3. The topological polar surface area (TPSA) is 683 Å². The SMILES string of the molecule is O=C(O)CN(CCN(CC(=O)O)CC(=O)N(CCNC(=O)[C@H](O)[C@H](O)[C@H](O)[C@@H](O)CO)CCNC(=O)[C@H](O)[C@H](O)[C@H](O)[C@@H](O)CO)CCN(CC(=O)O)CC(=O)N(CCNC(=O)[C@H](O)[C@H](O)[C@H](O)[C@@H](O)CO)CCNC(=O)[C@H](O)[C@H](O)[C@H](O)[C@@H](O)CO. The molecular weight excluding hydrogens is 1190 g/mol. The number of hydrogen-bond acceptors (Lipinski definition) is 32. The highest BCUT2D eigenvalue weighted by molar-refractivity contribution is 5.84. The lowest BCUT2D eigenvalue weighted by molar-refractivity contribution is -0.149. The molecule has 6 amide bonds. The van der Waals surface area contributed by atoms with Gasteiger partial charge in [0.25, 0.3) is 23.6 Å². The summed E-state index contributed by atoms with van der Waals surface area (Å²) >= 11 is 0. The van der Waals surface area contributed by atoms with E-state index in [0.29, 0.717) is 0 Å². The summed E-state index contributed by atoms with van der Waals surface area (Å²) in [6.45, 7) is -15.4. The average Bonchev–Trinajstić information content (AvgIpc) is 3.49. The van der Waals surface area contributed by atoms with Crippen molar-refractivity contribution in [1.29, 1.82) is 0 Å². The number of nitrogens with zero attached hydrogens (tertiary/aromatic N) is 5. The number of hydrogen-bond donors (Lipinski definition) is 27. The number of carboxylic acid groups (broad SMARTS) is 3. The van der Waals surface area contributed by atoms with Crippen molar-refractivity contribution in [3.8, 4) is 0 Å². The van der Waals surface area contributed by atoms with Gasteiger partial charge in [-0.05, 0) is 0 Å². The van der Waals surface area contributed by atoms with Gasteiger partial charge >= 0.3 is 17.9 Å². The normalized spacial score (nSPS) is 17.4. The van der Waals surface area contributed by atoms with Gasteiger partial charge in [-0.2, -0.15) is 0 Å². The Kier molecular flexibility index (Phi) is 39.5. The summed E-state index contributed by atoms with van der Waals surface area (Å²) in [5, 5.41) is 233. The van der Waals surface area contributed by atoms with E-state index in [1.807, 2.05) is 0 Å². The summed E-state index contributed by atoms with van der Waals surface area (Å²) in [4.78, 5) is 119. The second-order valence-electron chi connectivity index (χ2n) is 19.5. The number of aliphatic hydroxyl groups is 20. The highest BCUT2D eigenvalue weighted by atomic mass is 16.4. The van der Waals surface area contributed by atoms with Crippen LogP contribution in [0.1, 0.15) is 0 Å². The molecule has 506 valence electrons. The lowest BCUT2D eigenvalue weighted by atomic mass is 10.0. The average molecular weight is 1280 g/mol. The summed E-state index contributed by atoms with van der Waals surface area (Å²) in [5.41, 5.74) is 0. The Morgan fingerprint density at radius 1 is 0.276 bits per heavy atom. The molecule has 16 atom stereocenters. The van der Waals surface area contributed by atoms with E-state index in [-0.39, 0.29) is 0 Å². The minimum atomic E-state index is -2.44. The molecule has 87 heavy (non-hydrogen) atoms. The first-order valence-corrected chi connectivity index (χ1v) is 26.4. The number of nitrogens with one attached hydrogen (secondary N) is 4. The summed E-state index contributed by atoms with van der Waals surface area (Å²) in [7, 11) is 0. The van der Waals surface area contributed by atoms with Crippen LogP contribution in [-0.2, 0) is 43.2 Å². The van der Waals surface area contributed by atoms with Crippen LogP contribution in [0.2, 0.25) is 0 Å². The molecule has 27 N–H and O–H groups in total. The molecule has 0 unspecified atom stereocenters. The third kappa shape index (κ3) is 29.9. The molecule has 0 aromatic carbocycles. The molecule has 0 radical (unpaired) electrons. The fraction of sp³-hybridized carbons (Fsp3) is 0.804. The minimum Gasteiger partial charge on any atom is -0.480 e. The van der Waals surface area contributed by atoms with Gasteiger partial charge in [-0.1, -0.05) is 0 Å². The zero-order valence-electron chi connectivity index (χ0n) is 46.8. The van der Waals surface area contributed by atoms with Crippen LogP contribution >= 0.6 is 0 Å². The van der Waals surface area contributed by atoms with E-state index in [0.717, 1.165) is 24.5 Å². The Balaban J connectivity index is 6.66. The smallest absolute Gasteiger partial charge is 0.317 e. The van der Waals surface area contributed by atoms with E-state index in [4.69, 9.17) is 20.4 Å². The van der Waals surface area contributed by atoms with Crippen LogP contribution in [0.5, 0.6) is 0 Å². The quantitative estimate of drug-likeness (QED) is 0.0269. The predicted molar refractivity (Wildman–Crippen MR) is 282 cm³/mol. The molecular formula is C46H85N9O32. The molecule has 0 aromatic heterocycles. The van der Waals surface area contributed by atoms with Crippen molar-refractivity contribution in [3.63, 3.8) is 0 Å². The maximum absolute atomic E-state index is 13.9. The van der Waals surface area contributed by atoms with E-state index in [2.05, 4.69) is 21.3 Å². The lowest BCUT2D eigenvalue weighted by Crippen LogP contribution is -2.54. The van der Waals surface area contributed by atoms with Crippen LogP contribution in [0.4, 0.5) is 0 Å². The Labute approximate surface area is 494 Å². The second-order valence-corrected chi connectivity index (χ2v) is 19.5. The Bertz CT molecular complexity index is 1890. The maximum Gasteiger partial charge on any atom is 0.317 e. The van der Waals surface area contributed by atoms with E-state index in [1.165, 1.54) is 0 Å². The molecule has 0 aliphatic heterocycles. The number of carbonyl (C=O) groups excluding carboxylic acids is 6. The van der Waals surface area contributed by atoms with Gasteiger partial charge in [0, 0.05) is 78.5 Å². The molecule has 0 fully saturated rings. The standard InChI is InChI=1S/C46H85N9O32/c56-18-22(60)31(72)35(76)39(80)43(84)47-1-5-54(6-2-48-44(85)40(81)36(77)32(73)23(61)19-57)26(64)13-52(16-29(68)69)11-9-51(15-28(66)67)10-12-53(17-30(70)71)14-27(65)55(7-3-49-45(86)41(82)37(78)33(74)24(62)20-58)8-4-50-46(87)42(83)38(79)34(75)25(63)21-59/h22-25,31-42,56-63,72-83H,1-21H2,(H,47,84)(H,48,85)(H,49,86)(H,50,87)(H,66,67)(H,68,69)(H,70,71)/t22-,23-,24-,25-,31+,32+,33+,34+,35+,36+,37+,38+,39+,40+,41+,42+/m0/s1. The van der Waals surface area contributed by atoms with Gasteiger partial charge in [-0.25, -0.2) is 0 Å². The largest absolute Gasteiger partial charge is 0.480 e. The minimum absolute atomic E-state index is 0.430. The number of aliphatic hydroxyl groups excluding tert-OH is 20. The highest BCUT2D eigenvalue weighted by Crippen LogP contribution is 2.10. The maximum atomic E-state index is 13.9. The molecule has 0 saturated heterocycles. The number of carboxylic acids is 3. The summed E-state index contributed by atoms with van der Waals surface area (Å²) in [6, 6.07) is 0. The zero-order chi connectivity index (χ0) is 67.0. The molecule has 0 aromatic rings. The summed E-state index contributed by atoms with van der Waals surface area (Å²) in [6.07, 6.45) is -36.1. The Morgan fingerprint density at radius 3 is 0.667 bits per heavy atom. The van der Waals surface area contributed by atoms with Gasteiger partial charge < -0.3 is 149 Å². The van der Waals surface area contributed by atoms with Gasteiger partial charge in [-0.15, -0.1) is 0 Å². The lowest BCUT2D eigenvalue weighted by Gasteiger charge is -2.31. The first-order chi connectivity index (χ1) is 40.6. The van der Waals surface area contributed by atoms with Crippen molar-refractivity contribution in [2.24, 2.45) is 0 Å². The van der Waals surface area contributed by atoms with Crippen LogP contribution < -0.4 is 21.3 Å². The van der Waals surface area contributed by atoms with Crippen molar-refractivity contribution >= 4 is 53.4 Å². The van der Waals surface area contributed by atoms with Crippen LogP contribution in [-0.4, -0.2) is 431 Å². The van der Waals surface area contributed by atoms with Crippen LogP contribution in [0.15, 0.2) is 0 Å². The first kappa shape index (κ1) is 81.3. The monoisotopic (exact) mass is 1280 g/mol. The Hall–Kier alpha value is -5.69. The van der Waals surface area contributed by atoms with Crippen molar-refractivity contribution in [2.45, 2.75) is 97.7 Å². The van der Waals surface area contributed by atoms with Crippen molar-refractivity contribution < 1.29 is 161 Å². The third-order valence-electron chi connectivity index (χ3n) is 12.8. The molecule has 0 saturated carbocycles. The molecule has 0 heterocycles. The van der Waals surface area contributed by atoms with E-state index in [1.54, 1.807) is 0 Å². The van der Waals surface area contributed by atoms with Crippen molar-refractivity contribution in [2.75, 3.05) is 138 Å². The predicted octanol–water partition coefficient (Wildman–Crippen LogP) is -19.0. The van der Waals surface area contributed by atoms with E-state index < -0.39 is 289 Å². The van der Waals surface area contributed by atoms with Gasteiger partial charge in [0.1, 0.15) is 73.2 Å². The fourth-order valence-corrected chi connectivity index (χ4v) is 7.53. The van der Waals surface area contributed by atoms with Crippen molar-refractivity contribution in [1.82, 2.24) is 45.8 Å². The molecule has 0 aliphatic rings. The van der Waals surface area contributed by atoms with Gasteiger partial charge in [-0.3, -0.25) is 57.9 Å². The third-order valence-corrected chi connectivity index (χ3v) is 12.8. The van der Waals surface area contributed by atoms with E-state index >= 15 is 0 Å². The molecule has 0 aliphatic carbocycles. The molecule has 0 bridgehead atoms. The fourth-order valence-electron chi connectivity index (χ4n) is 7.53. The van der Waals surface area contributed by atoms with Gasteiger partial charge in [0.05, 0.1) is 59.2 Å². The summed E-state index contributed by atoms with van der Waals surface area (Å²) < 4.78 is 0. The summed E-state index contributed by atoms with van der Waals surface area (Å²) in [5.74, 6) is -12.2. The molecule has 0 spiro atoms. The van der Waals surface area contributed by atoms with Crippen LogP contribution in [0.3, 0.4) is 0 Å². The molecule has 41 nitrogen and oxygen atoms in total. The van der Waals surface area contributed by atoms with Crippen molar-refractivity contribution in [3.05, 3.63) is 0 Å². The first-order valence-electron chi connectivity index (χ1n) is 26.4. The zero-order valence-corrected chi connectivity index (χ0v) is 46.8. The Morgan fingerprint density at radius 2 is 0.471 bits per heavy atom. The highest BCUT2D eigenvalue weighted by Gasteiger charge is 2.38. The molecule has 41 heteroatoms. The number of carbonyl (C=O) groups is 9. The van der Waals surface area contributed by atoms with Crippen LogP contribution in [0, 0.1) is 0 Å². The molecule has 0 rings (SSSR count). The number of rotatable bonds is 48. The van der Waals surface area contributed by atoms with E-state index in [9.17, 15) is 140 Å². The number of amides is 6.